The lowest BCUT2D eigenvalue weighted by atomic mass is 10.1. The Hall–Kier alpha value is -3.13. The third-order valence-electron chi connectivity index (χ3n) is 4.19. The molecule has 2 N–H and O–H groups in total. The van der Waals surface area contributed by atoms with E-state index >= 15 is 0 Å². The second-order valence-electron chi connectivity index (χ2n) is 6.37. The molecule has 0 bridgehead atoms. The Bertz CT molecular complexity index is 1030. The van der Waals surface area contributed by atoms with E-state index in [4.69, 9.17) is 0 Å². The molecule has 1 amide bonds. The monoisotopic (exact) mass is 398 g/mol. The van der Waals surface area contributed by atoms with Crippen molar-refractivity contribution in [2.24, 2.45) is 0 Å². The number of benzene rings is 2. The van der Waals surface area contributed by atoms with Gasteiger partial charge in [0.1, 0.15) is 0 Å². The molecule has 0 aliphatic rings. The fourth-order valence-electron chi connectivity index (χ4n) is 2.67. The zero-order chi connectivity index (χ0) is 20.0. The number of rotatable bonds is 8. The highest BCUT2D eigenvalue weighted by atomic mass is 32.2. The lowest BCUT2D eigenvalue weighted by Crippen LogP contribution is -2.26. The topological polar surface area (TPSA) is 93.1 Å². The summed E-state index contributed by atoms with van der Waals surface area (Å²) in [4.78, 5) is 16.6. The summed E-state index contributed by atoms with van der Waals surface area (Å²) in [5.74, 6) is -0.326. The maximum atomic E-state index is 12.6. The van der Waals surface area contributed by atoms with Crippen molar-refractivity contribution in [2.45, 2.75) is 24.8 Å². The molecule has 28 heavy (non-hydrogen) atoms. The van der Waals surface area contributed by atoms with E-state index in [-0.39, 0.29) is 22.1 Å². The van der Waals surface area contributed by atoms with Gasteiger partial charge in [-0.05, 0) is 37.6 Å². The molecule has 3 aromatic rings. The average Bonchev–Trinajstić information content (AvgIpc) is 3.19. The molecule has 8 heteroatoms. The Morgan fingerprint density at radius 1 is 1.11 bits per heavy atom. The maximum absolute atomic E-state index is 12.6. The molecule has 0 saturated heterocycles. The number of hydrogen-bond donors (Lipinski definition) is 2. The molecule has 1 aromatic heterocycles. The fraction of sp³-hybridized carbons (Fsp3) is 0.200. The number of aromatic nitrogens is 2. The number of carbonyl (C=O) groups excluding carboxylic acids is 1. The van der Waals surface area contributed by atoms with Gasteiger partial charge in [-0.1, -0.05) is 29.8 Å². The first-order valence-electron chi connectivity index (χ1n) is 8.88. The Balaban J connectivity index is 1.66. The molecular weight excluding hydrogens is 376 g/mol. The summed E-state index contributed by atoms with van der Waals surface area (Å²) in [5, 5.41) is 2.83. The Kier molecular flexibility index (Phi) is 6.10. The quantitative estimate of drug-likeness (QED) is 0.571. The van der Waals surface area contributed by atoms with Crippen molar-refractivity contribution < 1.29 is 13.2 Å². The van der Waals surface area contributed by atoms with Gasteiger partial charge >= 0.3 is 0 Å². The minimum atomic E-state index is -3.78. The van der Waals surface area contributed by atoms with Gasteiger partial charge in [-0.25, -0.2) is 13.4 Å². The van der Waals surface area contributed by atoms with Crippen LogP contribution in [0.2, 0.25) is 0 Å². The molecule has 0 fully saturated rings. The first-order chi connectivity index (χ1) is 13.5. The first-order valence-corrected chi connectivity index (χ1v) is 10.4. The van der Waals surface area contributed by atoms with Crippen LogP contribution in [0, 0.1) is 6.92 Å². The Labute approximate surface area is 164 Å². The van der Waals surface area contributed by atoms with Crippen LogP contribution in [-0.2, 0) is 16.6 Å². The third-order valence-corrected chi connectivity index (χ3v) is 5.57. The van der Waals surface area contributed by atoms with Crippen LogP contribution in [-0.4, -0.2) is 30.4 Å². The summed E-state index contributed by atoms with van der Waals surface area (Å²) in [6.45, 7) is 3.09. The first kappa shape index (κ1) is 19.6. The molecule has 2 aromatic carbocycles. The maximum Gasteiger partial charge on any atom is 0.261 e. The highest BCUT2D eigenvalue weighted by Gasteiger charge is 2.18. The number of nitrogens with zero attached hydrogens (tertiary/aromatic N) is 2. The van der Waals surface area contributed by atoms with Crippen LogP contribution < -0.4 is 10.0 Å². The molecule has 1 heterocycles. The number of amides is 1. The molecule has 0 radical (unpaired) electrons. The molecule has 146 valence electrons. The number of imidazole rings is 1. The predicted octanol–water partition coefficient (Wildman–Crippen LogP) is 2.81. The molecule has 0 atom stereocenters. The molecular formula is C20H22N4O3S. The summed E-state index contributed by atoms with van der Waals surface area (Å²) < 4.78 is 29.7. The molecule has 7 nitrogen and oxygen atoms in total. The second-order valence-corrected chi connectivity index (χ2v) is 8.06. The SMILES string of the molecule is Cc1ccc(S(=O)(=O)Nc2ccccc2C(=O)NCCCn2ccnc2)cc1. The van der Waals surface area contributed by atoms with Gasteiger partial charge in [-0.15, -0.1) is 0 Å². The van der Waals surface area contributed by atoms with Gasteiger partial charge in [0.25, 0.3) is 15.9 Å². The van der Waals surface area contributed by atoms with Crippen LogP contribution >= 0.6 is 0 Å². The van der Waals surface area contributed by atoms with Crippen LogP contribution in [0.3, 0.4) is 0 Å². The highest BCUT2D eigenvalue weighted by Crippen LogP contribution is 2.20. The molecule has 0 saturated carbocycles. The molecule has 0 aliphatic carbocycles. The van der Waals surface area contributed by atoms with Crippen LogP contribution in [0.4, 0.5) is 5.69 Å². The van der Waals surface area contributed by atoms with E-state index in [1.807, 2.05) is 17.7 Å². The van der Waals surface area contributed by atoms with E-state index in [0.29, 0.717) is 6.54 Å². The van der Waals surface area contributed by atoms with Crippen molar-refractivity contribution in [3.63, 3.8) is 0 Å². The van der Waals surface area contributed by atoms with Crippen molar-refractivity contribution in [3.05, 3.63) is 78.4 Å². The van der Waals surface area contributed by atoms with Crippen LogP contribution in [0.1, 0.15) is 22.3 Å². The lowest BCUT2D eigenvalue weighted by molar-refractivity contribution is 0.0953. The van der Waals surface area contributed by atoms with Gasteiger partial charge in [-0.2, -0.15) is 0 Å². The fourth-order valence-corrected chi connectivity index (χ4v) is 3.75. The number of nitrogens with one attached hydrogen (secondary N) is 2. The van der Waals surface area contributed by atoms with Gasteiger partial charge in [0, 0.05) is 25.5 Å². The minimum absolute atomic E-state index is 0.147. The average molecular weight is 398 g/mol. The van der Waals surface area contributed by atoms with Crippen LogP contribution in [0.15, 0.2) is 72.1 Å². The summed E-state index contributed by atoms with van der Waals surface area (Å²) in [5.41, 5.74) is 1.49. The largest absolute Gasteiger partial charge is 0.352 e. The van der Waals surface area contributed by atoms with E-state index < -0.39 is 10.0 Å². The van der Waals surface area contributed by atoms with Crippen molar-refractivity contribution in [2.75, 3.05) is 11.3 Å². The van der Waals surface area contributed by atoms with Gasteiger partial charge < -0.3 is 9.88 Å². The summed E-state index contributed by atoms with van der Waals surface area (Å²) >= 11 is 0. The van der Waals surface area contributed by atoms with Crippen LogP contribution in [0.5, 0.6) is 0 Å². The summed E-state index contributed by atoms with van der Waals surface area (Å²) in [6, 6.07) is 13.1. The smallest absolute Gasteiger partial charge is 0.261 e. The van der Waals surface area contributed by atoms with Gasteiger partial charge in [0.15, 0.2) is 0 Å². The van der Waals surface area contributed by atoms with E-state index in [0.717, 1.165) is 18.5 Å². The number of aryl methyl sites for hydroxylation is 2. The van der Waals surface area contributed by atoms with Gasteiger partial charge in [0.05, 0.1) is 22.5 Å². The lowest BCUT2D eigenvalue weighted by Gasteiger charge is -2.13. The summed E-state index contributed by atoms with van der Waals surface area (Å²) in [6.07, 6.45) is 6.02. The predicted molar refractivity (Wildman–Crippen MR) is 108 cm³/mol. The van der Waals surface area contributed by atoms with Crippen molar-refractivity contribution in [1.29, 1.82) is 0 Å². The van der Waals surface area contributed by atoms with Crippen molar-refractivity contribution in [1.82, 2.24) is 14.9 Å². The number of hydrogen-bond acceptors (Lipinski definition) is 4. The summed E-state index contributed by atoms with van der Waals surface area (Å²) in [7, 11) is -3.78. The zero-order valence-electron chi connectivity index (χ0n) is 15.5. The van der Waals surface area contributed by atoms with E-state index in [9.17, 15) is 13.2 Å². The minimum Gasteiger partial charge on any atom is -0.352 e. The van der Waals surface area contributed by atoms with E-state index in [1.54, 1.807) is 48.9 Å². The Morgan fingerprint density at radius 2 is 1.86 bits per heavy atom. The second kappa shape index (κ2) is 8.71. The molecule has 3 rings (SSSR count). The standard InChI is InChI=1S/C20H22N4O3S/c1-16-7-9-17(10-8-16)28(26,27)23-19-6-3-2-5-18(19)20(25)22-11-4-13-24-14-12-21-15-24/h2-3,5-10,12,14-15,23H,4,11,13H2,1H3,(H,22,25). The molecule has 0 unspecified atom stereocenters. The Morgan fingerprint density at radius 3 is 2.57 bits per heavy atom. The molecule has 0 spiro atoms. The van der Waals surface area contributed by atoms with Gasteiger partial charge in [0.2, 0.25) is 0 Å². The third kappa shape index (κ3) is 4.98. The van der Waals surface area contributed by atoms with Crippen LogP contribution in [0.25, 0.3) is 0 Å². The van der Waals surface area contributed by atoms with Crippen molar-refractivity contribution in [3.8, 4) is 0 Å². The molecule has 0 aliphatic heterocycles. The number of anilines is 1. The van der Waals surface area contributed by atoms with E-state index in [1.165, 1.54) is 12.1 Å². The van der Waals surface area contributed by atoms with Gasteiger partial charge in [-0.3, -0.25) is 9.52 Å². The highest BCUT2D eigenvalue weighted by molar-refractivity contribution is 7.92. The van der Waals surface area contributed by atoms with Crippen molar-refractivity contribution >= 4 is 21.6 Å². The number of sulfonamides is 1. The number of para-hydroxylation sites is 1. The van der Waals surface area contributed by atoms with E-state index in [2.05, 4.69) is 15.0 Å². The zero-order valence-corrected chi connectivity index (χ0v) is 16.3. The number of carbonyl (C=O) groups is 1. The normalized spacial score (nSPS) is 11.2.